The van der Waals surface area contributed by atoms with E-state index in [9.17, 15) is 91.9 Å². The molecule has 0 unspecified atom stereocenters. The highest BCUT2D eigenvalue weighted by atomic mass is 16.8. The van der Waals surface area contributed by atoms with Gasteiger partial charge in [-0.05, 0) is 111 Å². The van der Waals surface area contributed by atoms with Gasteiger partial charge in [-0.1, -0.05) is 27.7 Å². The van der Waals surface area contributed by atoms with Crippen molar-refractivity contribution in [1.29, 1.82) is 0 Å². The third-order valence-corrected chi connectivity index (χ3v) is 24.6. The van der Waals surface area contributed by atoms with Crippen LogP contribution in [0.5, 0.6) is 0 Å². The standard InChI is InChI=1S/C63H104O32/c1-22-8-13-63(82-21-22)23(2)36-30(95-63)15-29-27-7-6-25-14-26(9-11-61(25,4)28(27)10-12-62(29,36)5)84-56-47(79)43(75)51(35(20-68)88-56)91-60-54(94-59-49(81)52(39(71)32(17-65)86-59)92-57-46(78)42(74)38(70)31(16-64)85-57)53(40(72)33(18-66)87-60)93-58-48(80)44(76)50(34(19-67)89-58)90-55-45(77)41(73)37(69)24(3)83-55/h22-60,64-81H,6-21H2,1-5H3/t22-,23-,24-,25-,26-,27+,28-,29-,30-,31+,32+,33+,34+,35+,36-,37-,38+,39+,40+,41+,42-,43+,44+,45+,46+,47+,48+,49+,50+,51-,52-,53-,54+,55-,56+,57-,58-,59-,60-,61-,62-,63+/m0/s1. The maximum absolute atomic E-state index is 12.2. The molecule has 1 spiro atoms. The Morgan fingerprint density at radius 2 is 0.853 bits per heavy atom. The van der Waals surface area contributed by atoms with Gasteiger partial charge in [0.2, 0.25) is 0 Å². The number of hydrogen-bond acceptors (Lipinski definition) is 32. The summed E-state index contributed by atoms with van der Waals surface area (Å²) in [6, 6.07) is 0. The number of hydrogen-bond donors (Lipinski definition) is 18. The minimum Gasteiger partial charge on any atom is -0.394 e. The molecule has 0 bridgehead atoms. The predicted molar refractivity (Wildman–Crippen MR) is 312 cm³/mol. The van der Waals surface area contributed by atoms with E-state index >= 15 is 0 Å². The highest BCUT2D eigenvalue weighted by molar-refractivity contribution is 5.16. The Morgan fingerprint density at radius 3 is 1.44 bits per heavy atom. The monoisotopic (exact) mass is 1370 g/mol. The van der Waals surface area contributed by atoms with Crippen LogP contribution in [0.4, 0.5) is 0 Å². The van der Waals surface area contributed by atoms with Crippen molar-refractivity contribution in [2.24, 2.45) is 52.3 Å². The summed E-state index contributed by atoms with van der Waals surface area (Å²) in [7, 11) is 0. The van der Waals surface area contributed by atoms with Gasteiger partial charge in [0, 0.05) is 12.3 Å². The summed E-state index contributed by atoms with van der Waals surface area (Å²) >= 11 is 0. The molecule has 12 fully saturated rings. The molecule has 0 amide bonds. The van der Waals surface area contributed by atoms with Gasteiger partial charge < -0.3 is 158 Å². The molecule has 4 saturated carbocycles. The summed E-state index contributed by atoms with van der Waals surface area (Å²) in [4.78, 5) is 0. The van der Waals surface area contributed by atoms with E-state index in [2.05, 4.69) is 27.7 Å². The summed E-state index contributed by atoms with van der Waals surface area (Å²) in [6.07, 6.45) is -47.8. The molecule has 8 aliphatic heterocycles. The summed E-state index contributed by atoms with van der Waals surface area (Å²) in [5.74, 6) is 2.60. The second-order valence-corrected chi connectivity index (χ2v) is 29.9. The lowest BCUT2D eigenvalue weighted by atomic mass is 9.44. The molecule has 18 N–H and O–H groups in total. The average molecular weight is 1370 g/mol. The highest BCUT2D eigenvalue weighted by Crippen LogP contribution is 2.71. The van der Waals surface area contributed by atoms with E-state index in [-0.39, 0.29) is 22.9 Å². The Balaban J connectivity index is 0.763. The molecule has 0 aromatic heterocycles. The minimum atomic E-state index is -2.27. The van der Waals surface area contributed by atoms with E-state index < -0.39 is 229 Å². The molecule has 42 atom stereocenters. The van der Waals surface area contributed by atoms with Crippen molar-refractivity contribution in [2.45, 2.75) is 301 Å². The van der Waals surface area contributed by atoms with Crippen molar-refractivity contribution in [2.75, 3.05) is 39.6 Å². The molecular formula is C63H104O32. The lowest BCUT2D eigenvalue weighted by Gasteiger charge is -2.61. The second kappa shape index (κ2) is 29.1. The van der Waals surface area contributed by atoms with E-state index in [1.165, 1.54) is 6.92 Å². The molecule has 32 nitrogen and oxygen atoms in total. The van der Waals surface area contributed by atoms with Gasteiger partial charge in [0.15, 0.2) is 43.5 Å². The largest absolute Gasteiger partial charge is 0.394 e. The zero-order chi connectivity index (χ0) is 68.2. The third kappa shape index (κ3) is 13.2. The number of aliphatic hydroxyl groups is 18. The van der Waals surface area contributed by atoms with Crippen molar-refractivity contribution >= 4 is 0 Å². The molecule has 0 radical (unpaired) electrons. The SMILES string of the molecule is C[C@H]1CC[C@@]2(OC1)O[C@H]1C[C@H]3[C@@H]4CC[C@H]5C[C@@H](O[C@@H]6O[C@H](CO)[C@H](O[C@@H]7O[C@H](CO)[C@@H](O)[C@H](O[C@@H]8O[C@H](CO)[C@@H](O[C@@H]9O[C@@H](C)[C@H](O)[C@@H](O)[C@H]9O)[C@H](O)[C@H]8O)[C@H]7O[C@@H]7O[C@H](CO)[C@@H](O)[C@H](O[C@@H]8O[C@H](CO)[C@@H](O)[C@H](O)[C@H]8O)[C@H]7O)[C@H](O)[C@H]6O)CC[C@]5(C)[C@H]4CC[C@]3(C)[C@H]1[C@@H]2C. The van der Waals surface area contributed by atoms with Crippen LogP contribution in [0.1, 0.15) is 98.8 Å². The smallest absolute Gasteiger partial charge is 0.187 e. The minimum absolute atomic E-state index is 0.00916. The second-order valence-electron chi connectivity index (χ2n) is 29.9. The van der Waals surface area contributed by atoms with Crippen LogP contribution in [0.15, 0.2) is 0 Å². The van der Waals surface area contributed by atoms with Crippen molar-refractivity contribution < 1.29 is 158 Å². The topological polar surface area (TPSA) is 493 Å². The summed E-state index contributed by atoms with van der Waals surface area (Å²) in [6.45, 7) is 6.72. The fourth-order valence-electron chi connectivity index (χ4n) is 19.1. The van der Waals surface area contributed by atoms with Gasteiger partial charge in [0.25, 0.3) is 0 Å². The Labute approximate surface area is 549 Å². The molecule has 0 aromatic carbocycles. The summed E-state index contributed by atoms with van der Waals surface area (Å²) in [5, 5.41) is 199. The lowest BCUT2D eigenvalue weighted by molar-refractivity contribution is -0.414. The van der Waals surface area contributed by atoms with E-state index in [0.717, 1.165) is 58.0 Å². The maximum Gasteiger partial charge on any atom is 0.187 e. The number of aliphatic hydroxyl groups excluding tert-OH is 18. The third-order valence-electron chi connectivity index (χ3n) is 24.6. The van der Waals surface area contributed by atoms with Crippen LogP contribution in [0.2, 0.25) is 0 Å². The van der Waals surface area contributed by atoms with Crippen LogP contribution in [-0.4, -0.2) is 334 Å². The van der Waals surface area contributed by atoms with Gasteiger partial charge in [-0.15, -0.1) is 0 Å². The van der Waals surface area contributed by atoms with Crippen molar-refractivity contribution in [3.8, 4) is 0 Å². The molecule has 12 rings (SSSR count). The van der Waals surface area contributed by atoms with Gasteiger partial charge in [-0.25, -0.2) is 0 Å². The Morgan fingerprint density at radius 1 is 0.379 bits per heavy atom. The Kier molecular flexibility index (Phi) is 22.5. The van der Waals surface area contributed by atoms with E-state index in [0.29, 0.717) is 48.3 Å². The fourth-order valence-corrected chi connectivity index (χ4v) is 19.1. The van der Waals surface area contributed by atoms with Crippen LogP contribution < -0.4 is 0 Å². The van der Waals surface area contributed by atoms with Gasteiger partial charge in [0.1, 0.15) is 140 Å². The van der Waals surface area contributed by atoms with Crippen molar-refractivity contribution in [3.05, 3.63) is 0 Å². The number of fused-ring (bicyclic) bond motifs is 7. The van der Waals surface area contributed by atoms with Crippen LogP contribution in [0.25, 0.3) is 0 Å². The molecule has 95 heavy (non-hydrogen) atoms. The molecule has 32 heteroatoms. The zero-order valence-corrected chi connectivity index (χ0v) is 54.1. The normalized spacial score (nSPS) is 57.3. The molecule has 4 aliphatic carbocycles. The molecular weight excluding hydrogens is 1270 g/mol. The van der Waals surface area contributed by atoms with Crippen molar-refractivity contribution in [3.63, 3.8) is 0 Å². The van der Waals surface area contributed by atoms with E-state index in [1.807, 2.05) is 0 Å². The number of ether oxygens (including phenoxy) is 14. The first-order chi connectivity index (χ1) is 45.1. The van der Waals surface area contributed by atoms with Crippen LogP contribution in [-0.2, 0) is 66.3 Å². The Bertz CT molecular complexity index is 2500. The summed E-state index contributed by atoms with van der Waals surface area (Å²) in [5.41, 5.74) is 0.151. The van der Waals surface area contributed by atoms with Gasteiger partial charge >= 0.3 is 0 Å². The van der Waals surface area contributed by atoms with Gasteiger partial charge in [0.05, 0.1) is 58.0 Å². The first kappa shape index (κ1) is 73.5. The highest BCUT2D eigenvalue weighted by Gasteiger charge is 2.70. The first-order valence-electron chi connectivity index (χ1n) is 34.2. The molecule has 0 aromatic rings. The molecule has 12 aliphatic rings. The lowest BCUT2D eigenvalue weighted by Crippen LogP contribution is -2.69. The molecule has 8 saturated heterocycles. The number of rotatable bonds is 17. The Hall–Kier alpha value is -1.28. The van der Waals surface area contributed by atoms with Crippen LogP contribution in [0.3, 0.4) is 0 Å². The fraction of sp³-hybridized carbons (Fsp3) is 1.00. The van der Waals surface area contributed by atoms with Crippen LogP contribution >= 0.6 is 0 Å². The van der Waals surface area contributed by atoms with Crippen LogP contribution in [0, 0.1) is 52.3 Å². The quantitative estimate of drug-likeness (QED) is 0.0603. The van der Waals surface area contributed by atoms with Gasteiger partial charge in [-0.3, -0.25) is 0 Å². The summed E-state index contributed by atoms with van der Waals surface area (Å²) < 4.78 is 85.7. The first-order valence-corrected chi connectivity index (χ1v) is 34.2. The van der Waals surface area contributed by atoms with Crippen molar-refractivity contribution in [1.82, 2.24) is 0 Å². The van der Waals surface area contributed by atoms with Gasteiger partial charge in [-0.2, -0.15) is 0 Å². The molecule has 8 heterocycles. The van der Waals surface area contributed by atoms with E-state index in [1.54, 1.807) is 0 Å². The molecule has 548 valence electrons. The predicted octanol–water partition coefficient (Wildman–Crippen LogP) is -6.23. The maximum atomic E-state index is 12.2. The zero-order valence-electron chi connectivity index (χ0n) is 54.1. The van der Waals surface area contributed by atoms with E-state index in [4.69, 9.17) is 66.3 Å². The average Bonchev–Trinajstić information content (AvgIpc) is 1.56.